The Bertz CT molecular complexity index is 1290. The van der Waals surface area contributed by atoms with Gasteiger partial charge < -0.3 is 30.2 Å². The molecule has 2 aromatic carbocycles. The van der Waals surface area contributed by atoms with Gasteiger partial charge in [0.15, 0.2) is 11.6 Å². The van der Waals surface area contributed by atoms with Crippen molar-refractivity contribution in [3.8, 4) is 16.9 Å². The first-order valence-electron chi connectivity index (χ1n) is 11.8. The molecule has 3 aliphatic rings. The molecule has 2 aliphatic heterocycles. The van der Waals surface area contributed by atoms with Gasteiger partial charge in [0.2, 0.25) is 5.91 Å². The summed E-state index contributed by atoms with van der Waals surface area (Å²) >= 11 is 0. The van der Waals surface area contributed by atoms with Crippen LogP contribution in [-0.2, 0) is 14.3 Å². The maximum absolute atomic E-state index is 14.4. The molecular formula is C27H28FN3O5. The van der Waals surface area contributed by atoms with E-state index in [4.69, 9.17) is 19.9 Å². The average molecular weight is 494 g/mol. The Morgan fingerprint density at radius 2 is 2.03 bits per heavy atom. The predicted molar refractivity (Wildman–Crippen MR) is 133 cm³/mol. The van der Waals surface area contributed by atoms with E-state index in [0.717, 1.165) is 11.1 Å². The summed E-state index contributed by atoms with van der Waals surface area (Å²) < 4.78 is 30.2. The molecule has 0 spiro atoms. The van der Waals surface area contributed by atoms with Crippen LogP contribution < -0.4 is 15.8 Å². The maximum Gasteiger partial charge on any atom is 0.250 e. The summed E-state index contributed by atoms with van der Waals surface area (Å²) in [4.78, 5) is 27.4. The summed E-state index contributed by atoms with van der Waals surface area (Å²) in [5, 5.41) is 3.39. The molecule has 0 radical (unpaired) electrons. The van der Waals surface area contributed by atoms with Gasteiger partial charge in [-0.3, -0.25) is 9.59 Å². The van der Waals surface area contributed by atoms with Gasteiger partial charge in [0.05, 0.1) is 43.7 Å². The van der Waals surface area contributed by atoms with Gasteiger partial charge in [-0.25, -0.2) is 4.39 Å². The van der Waals surface area contributed by atoms with Gasteiger partial charge >= 0.3 is 0 Å². The van der Waals surface area contributed by atoms with Crippen molar-refractivity contribution in [2.45, 2.75) is 18.6 Å². The number of carbonyl (C=O) groups is 2. The summed E-state index contributed by atoms with van der Waals surface area (Å²) in [7, 11) is 3.02. The average Bonchev–Trinajstić information content (AvgIpc) is 3.25. The van der Waals surface area contributed by atoms with E-state index in [1.165, 1.54) is 13.2 Å². The Balaban J connectivity index is 1.46. The van der Waals surface area contributed by atoms with Crippen molar-refractivity contribution in [1.82, 2.24) is 4.90 Å². The van der Waals surface area contributed by atoms with Crippen molar-refractivity contribution in [2.75, 3.05) is 45.8 Å². The van der Waals surface area contributed by atoms with E-state index >= 15 is 0 Å². The third-order valence-corrected chi connectivity index (χ3v) is 6.84. The van der Waals surface area contributed by atoms with E-state index in [0.29, 0.717) is 60.7 Å². The minimum absolute atomic E-state index is 0.0306. The molecule has 0 bridgehead atoms. The van der Waals surface area contributed by atoms with Crippen LogP contribution in [0.1, 0.15) is 22.3 Å². The van der Waals surface area contributed by atoms with Crippen LogP contribution in [0, 0.1) is 5.82 Å². The second-order valence-corrected chi connectivity index (χ2v) is 9.07. The van der Waals surface area contributed by atoms with Crippen molar-refractivity contribution in [3.05, 3.63) is 65.0 Å². The van der Waals surface area contributed by atoms with Gasteiger partial charge in [-0.05, 0) is 41.0 Å². The predicted octanol–water partition coefficient (Wildman–Crippen LogP) is 2.98. The molecule has 2 heterocycles. The van der Waals surface area contributed by atoms with Crippen molar-refractivity contribution in [3.63, 3.8) is 0 Å². The monoisotopic (exact) mass is 493 g/mol. The number of hydrogen-bond donors (Lipinski definition) is 2. The van der Waals surface area contributed by atoms with Gasteiger partial charge in [0.25, 0.3) is 5.91 Å². The maximum atomic E-state index is 14.4. The summed E-state index contributed by atoms with van der Waals surface area (Å²) in [6.45, 7) is 1.91. The fourth-order valence-corrected chi connectivity index (χ4v) is 5.07. The number of amides is 2. The number of ether oxygens (including phenoxy) is 3. The minimum Gasteiger partial charge on any atom is -0.494 e. The number of anilines is 1. The Kier molecular flexibility index (Phi) is 6.51. The number of fused-ring (bicyclic) bond motifs is 3. The van der Waals surface area contributed by atoms with Gasteiger partial charge in [-0.2, -0.15) is 0 Å². The number of nitrogens with two attached hydrogens (primary N) is 1. The van der Waals surface area contributed by atoms with Crippen molar-refractivity contribution >= 4 is 23.1 Å². The molecule has 36 heavy (non-hydrogen) atoms. The number of methoxy groups -OCH3 is 2. The van der Waals surface area contributed by atoms with Crippen molar-refractivity contribution < 1.29 is 28.2 Å². The number of benzene rings is 2. The number of hydrogen-bond acceptors (Lipinski definition) is 6. The number of carbonyl (C=O) groups excluding carboxylic acids is 2. The number of morpholine rings is 1. The molecular weight excluding hydrogens is 465 g/mol. The number of allylic oxidation sites excluding steroid dienone is 2. The minimum atomic E-state index is -0.587. The van der Waals surface area contributed by atoms with E-state index in [1.807, 2.05) is 18.2 Å². The van der Waals surface area contributed by atoms with Crippen LogP contribution >= 0.6 is 0 Å². The number of nitrogens with zero attached hydrogens (tertiary/aromatic N) is 1. The second-order valence-electron chi connectivity index (χ2n) is 9.07. The topological polar surface area (TPSA) is 103 Å². The Hall–Kier alpha value is -3.69. The molecule has 8 nitrogen and oxygen atoms in total. The molecule has 0 saturated carbocycles. The zero-order valence-corrected chi connectivity index (χ0v) is 20.2. The summed E-state index contributed by atoms with van der Waals surface area (Å²) in [5.74, 6) is -0.971. The molecule has 0 aromatic heterocycles. The van der Waals surface area contributed by atoms with E-state index in [2.05, 4.69) is 5.32 Å². The molecule has 1 saturated heterocycles. The quantitative estimate of drug-likeness (QED) is 0.642. The van der Waals surface area contributed by atoms with Gasteiger partial charge in [0.1, 0.15) is 0 Å². The summed E-state index contributed by atoms with van der Waals surface area (Å²) in [6, 6.07) is 8.05. The van der Waals surface area contributed by atoms with E-state index in [1.54, 1.807) is 30.2 Å². The number of rotatable bonds is 6. The van der Waals surface area contributed by atoms with E-state index < -0.39 is 11.7 Å². The molecule has 1 fully saturated rings. The lowest BCUT2D eigenvalue weighted by Crippen LogP contribution is -2.48. The first kappa shape index (κ1) is 24.0. The summed E-state index contributed by atoms with van der Waals surface area (Å²) in [6.07, 6.45) is 4.08. The van der Waals surface area contributed by atoms with Crippen LogP contribution in [0.4, 0.5) is 10.1 Å². The number of nitrogens with one attached hydrogen (secondary N) is 1. The van der Waals surface area contributed by atoms with Crippen LogP contribution in [0.2, 0.25) is 0 Å². The Morgan fingerprint density at radius 1 is 1.19 bits per heavy atom. The fraction of sp³-hybridized carbons (Fsp3) is 0.333. The van der Waals surface area contributed by atoms with Crippen LogP contribution in [-0.4, -0.2) is 69.4 Å². The smallest absolute Gasteiger partial charge is 0.250 e. The highest BCUT2D eigenvalue weighted by atomic mass is 19.1. The second kappa shape index (κ2) is 9.75. The zero-order chi connectivity index (χ0) is 25.4. The van der Waals surface area contributed by atoms with Gasteiger partial charge in [-0.15, -0.1) is 0 Å². The third kappa shape index (κ3) is 4.36. The van der Waals surface area contributed by atoms with Crippen LogP contribution in [0.5, 0.6) is 5.75 Å². The van der Waals surface area contributed by atoms with Crippen LogP contribution in [0.3, 0.4) is 0 Å². The lowest BCUT2D eigenvalue weighted by molar-refractivity contribution is -0.136. The fourth-order valence-electron chi connectivity index (χ4n) is 5.07. The molecule has 188 valence electrons. The molecule has 2 aromatic rings. The third-order valence-electron chi connectivity index (χ3n) is 6.84. The van der Waals surface area contributed by atoms with Crippen LogP contribution in [0.25, 0.3) is 16.7 Å². The zero-order valence-electron chi connectivity index (χ0n) is 20.2. The highest BCUT2D eigenvalue weighted by Crippen LogP contribution is 2.44. The molecule has 9 heteroatoms. The molecule has 3 N–H and O–H groups in total. The Morgan fingerprint density at radius 3 is 2.75 bits per heavy atom. The van der Waals surface area contributed by atoms with E-state index in [-0.39, 0.29) is 23.8 Å². The summed E-state index contributed by atoms with van der Waals surface area (Å²) in [5.41, 5.74) is 10.4. The molecule has 2 atom stereocenters. The highest BCUT2D eigenvalue weighted by Gasteiger charge is 2.35. The first-order valence-corrected chi connectivity index (χ1v) is 11.8. The van der Waals surface area contributed by atoms with Gasteiger partial charge in [-0.1, -0.05) is 18.2 Å². The molecule has 2 amide bonds. The lowest BCUT2D eigenvalue weighted by Gasteiger charge is -2.34. The standard InChI is InChI=1S/C27H28FN3O5/c1-34-14-18-13-31(7-8-36-18)27(33)16-3-5-19-20-9-17(15-4-6-24(35-2)22(28)11-15)10-21(26(29)32)25(20)30-23(19)12-16/h3-6,9-11,18,23,30H,7-8,12-14H2,1-2H3,(H2,29,32)/t18-,23?/m0/s1. The normalized spacial score (nSPS) is 20.6. The largest absolute Gasteiger partial charge is 0.494 e. The number of halogens is 1. The van der Waals surface area contributed by atoms with Crippen LogP contribution in [0.15, 0.2) is 48.1 Å². The lowest BCUT2D eigenvalue weighted by atomic mass is 9.89. The Labute approximate surface area is 208 Å². The SMILES string of the molecule is COC[C@@H]1CN(C(=O)C2=CC=C3c4cc(-c5ccc(OC)c(F)c5)cc(C(N)=O)c4NC3C2)CCO1. The van der Waals surface area contributed by atoms with Crippen molar-refractivity contribution in [1.29, 1.82) is 0 Å². The molecule has 1 unspecified atom stereocenters. The first-order chi connectivity index (χ1) is 17.4. The molecule has 1 aliphatic carbocycles. The van der Waals surface area contributed by atoms with Crippen molar-refractivity contribution in [2.24, 2.45) is 5.73 Å². The van der Waals surface area contributed by atoms with Gasteiger partial charge in [0, 0.05) is 37.8 Å². The van der Waals surface area contributed by atoms with E-state index in [9.17, 15) is 14.0 Å². The molecule has 5 rings (SSSR count). The highest BCUT2D eigenvalue weighted by molar-refractivity contribution is 6.07. The number of primary amides is 1.